The zero-order chi connectivity index (χ0) is 14.0. The van der Waals surface area contributed by atoms with Crippen molar-refractivity contribution in [1.82, 2.24) is 4.57 Å². The number of carboxylic acid groups (broad SMARTS) is 1. The fraction of sp³-hybridized carbons (Fsp3) is 0.200. The van der Waals surface area contributed by atoms with Crippen LogP contribution in [0.5, 0.6) is 0 Å². The Balaban J connectivity index is 2.58. The predicted octanol–water partition coefficient (Wildman–Crippen LogP) is 2.66. The molecule has 0 saturated heterocycles. The van der Waals surface area contributed by atoms with Gasteiger partial charge in [-0.15, -0.1) is 0 Å². The first kappa shape index (κ1) is 13.1. The first-order chi connectivity index (χ1) is 8.99. The first-order valence-corrected chi connectivity index (χ1v) is 6.05. The number of aromatic carboxylic acids is 1. The monoisotopic (exact) mass is 257 g/mol. The van der Waals surface area contributed by atoms with E-state index in [9.17, 15) is 9.59 Å². The fourth-order valence-corrected chi connectivity index (χ4v) is 1.85. The Morgan fingerprint density at radius 3 is 2.58 bits per heavy atom. The van der Waals surface area contributed by atoms with Crippen molar-refractivity contribution in [2.24, 2.45) is 0 Å². The molecule has 4 heteroatoms. The van der Waals surface area contributed by atoms with Crippen molar-refractivity contribution in [2.75, 3.05) is 0 Å². The molecular weight excluding hydrogens is 242 g/mol. The van der Waals surface area contributed by atoms with Gasteiger partial charge in [-0.25, -0.2) is 4.79 Å². The van der Waals surface area contributed by atoms with Gasteiger partial charge >= 0.3 is 5.97 Å². The highest BCUT2D eigenvalue weighted by atomic mass is 16.4. The van der Waals surface area contributed by atoms with E-state index in [1.807, 2.05) is 18.2 Å². The van der Waals surface area contributed by atoms with E-state index >= 15 is 0 Å². The van der Waals surface area contributed by atoms with E-state index in [1.165, 1.54) is 22.9 Å². The lowest BCUT2D eigenvalue weighted by molar-refractivity contribution is 0.0696. The van der Waals surface area contributed by atoms with E-state index in [4.69, 9.17) is 5.11 Å². The summed E-state index contributed by atoms with van der Waals surface area (Å²) in [5.74, 6) is -0.702. The standard InChI is InChI=1S/C15H15NO3/c1-10(2)11-4-3-5-13(8-11)16-9-12(15(18)19)6-7-14(16)17/h3-10H,1-2H3,(H,18,19). The maximum Gasteiger partial charge on any atom is 0.337 e. The number of benzene rings is 1. The van der Waals surface area contributed by atoms with Gasteiger partial charge in [0.2, 0.25) is 0 Å². The number of carbonyl (C=O) groups is 1. The molecule has 0 amide bonds. The molecule has 2 aromatic rings. The average molecular weight is 257 g/mol. The van der Waals surface area contributed by atoms with Crippen molar-refractivity contribution in [3.8, 4) is 5.69 Å². The van der Waals surface area contributed by atoms with Gasteiger partial charge in [0, 0.05) is 18.0 Å². The molecule has 0 aliphatic rings. The number of carboxylic acids is 1. The molecule has 0 atom stereocenters. The van der Waals surface area contributed by atoms with Gasteiger partial charge in [-0.3, -0.25) is 9.36 Å². The largest absolute Gasteiger partial charge is 0.478 e. The lowest BCUT2D eigenvalue weighted by atomic mass is 10.0. The zero-order valence-electron chi connectivity index (χ0n) is 10.8. The molecule has 0 saturated carbocycles. The van der Waals surface area contributed by atoms with Gasteiger partial charge in [0.05, 0.1) is 5.56 Å². The molecule has 0 bridgehead atoms. The summed E-state index contributed by atoms with van der Waals surface area (Å²) >= 11 is 0. The lowest BCUT2D eigenvalue weighted by Crippen LogP contribution is -2.18. The average Bonchev–Trinajstić information content (AvgIpc) is 2.39. The molecular formula is C15H15NO3. The minimum absolute atomic E-state index is 0.0922. The summed E-state index contributed by atoms with van der Waals surface area (Å²) in [7, 11) is 0. The Labute approximate surface area is 110 Å². The van der Waals surface area contributed by atoms with Gasteiger partial charge in [0.15, 0.2) is 0 Å². The maximum atomic E-state index is 11.8. The smallest absolute Gasteiger partial charge is 0.337 e. The van der Waals surface area contributed by atoms with Crippen LogP contribution in [0, 0.1) is 0 Å². The summed E-state index contributed by atoms with van der Waals surface area (Å²) in [5, 5.41) is 8.97. The quantitative estimate of drug-likeness (QED) is 0.919. The lowest BCUT2D eigenvalue weighted by Gasteiger charge is -2.10. The number of nitrogens with zero attached hydrogens (tertiary/aromatic N) is 1. The highest BCUT2D eigenvalue weighted by Crippen LogP contribution is 2.17. The Hall–Kier alpha value is -2.36. The summed E-state index contributed by atoms with van der Waals surface area (Å²) < 4.78 is 1.36. The molecule has 0 fully saturated rings. The van der Waals surface area contributed by atoms with Crippen molar-refractivity contribution >= 4 is 5.97 Å². The number of rotatable bonds is 3. The molecule has 1 N–H and O–H groups in total. The number of hydrogen-bond donors (Lipinski definition) is 1. The molecule has 2 rings (SSSR count). The topological polar surface area (TPSA) is 59.3 Å². The van der Waals surface area contributed by atoms with Gasteiger partial charge in [0.1, 0.15) is 0 Å². The van der Waals surface area contributed by atoms with E-state index < -0.39 is 5.97 Å². The zero-order valence-corrected chi connectivity index (χ0v) is 10.8. The second-order valence-electron chi connectivity index (χ2n) is 4.68. The van der Waals surface area contributed by atoms with Crippen LogP contribution in [0.4, 0.5) is 0 Å². The summed E-state index contributed by atoms with van der Waals surface area (Å²) in [6, 6.07) is 10.1. The molecule has 0 aliphatic carbocycles. The van der Waals surface area contributed by atoms with Gasteiger partial charge in [0.25, 0.3) is 5.56 Å². The summed E-state index contributed by atoms with van der Waals surface area (Å²) in [5.41, 5.74) is 1.63. The molecule has 19 heavy (non-hydrogen) atoms. The Morgan fingerprint density at radius 1 is 1.21 bits per heavy atom. The Morgan fingerprint density at radius 2 is 1.95 bits per heavy atom. The van der Waals surface area contributed by atoms with Gasteiger partial charge in [-0.1, -0.05) is 26.0 Å². The maximum absolute atomic E-state index is 11.8. The van der Waals surface area contributed by atoms with Crippen LogP contribution < -0.4 is 5.56 Å². The van der Waals surface area contributed by atoms with Crippen LogP contribution >= 0.6 is 0 Å². The highest BCUT2D eigenvalue weighted by molar-refractivity contribution is 5.87. The molecule has 4 nitrogen and oxygen atoms in total. The van der Waals surface area contributed by atoms with Crippen LogP contribution in [0.15, 0.2) is 47.4 Å². The molecule has 98 valence electrons. The molecule has 0 spiro atoms. The van der Waals surface area contributed by atoms with Gasteiger partial charge in [-0.05, 0) is 29.7 Å². The second kappa shape index (κ2) is 5.10. The third-order valence-electron chi connectivity index (χ3n) is 2.97. The summed E-state index contributed by atoms with van der Waals surface area (Å²) in [4.78, 5) is 22.8. The predicted molar refractivity (Wildman–Crippen MR) is 73.1 cm³/mol. The number of aromatic nitrogens is 1. The van der Waals surface area contributed by atoms with Crippen LogP contribution in [0.2, 0.25) is 0 Å². The third kappa shape index (κ3) is 2.73. The second-order valence-corrected chi connectivity index (χ2v) is 4.68. The van der Waals surface area contributed by atoms with E-state index in [-0.39, 0.29) is 11.1 Å². The number of pyridine rings is 1. The fourth-order valence-electron chi connectivity index (χ4n) is 1.85. The molecule has 1 aromatic heterocycles. The molecule has 0 unspecified atom stereocenters. The summed E-state index contributed by atoms with van der Waals surface area (Å²) in [6.07, 6.45) is 1.35. The normalized spacial score (nSPS) is 10.7. The van der Waals surface area contributed by atoms with E-state index in [2.05, 4.69) is 13.8 Å². The van der Waals surface area contributed by atoms with Crippen molar-refractivity contribution in [3.05, 3.63) is 64.1 Å². The first-order valence-electron chi connectivity index (χ1n) is 6.05. The van der Waals surface area contributed by atoms with Crippen molar-refractivity contribution in [3.63, 3.8) is 0 Å². The number of hydrogen-bond acceptors (Lipinski definition) is 2. The molecule has 1 heterocycles. The van der Waals surface area contributed by atoms with Crippen molar-refractivity contribution in [1.29, 1.82) is 0 Å². The van der Waals surface area contributed by atoms with E-state index in [1.54, 1.807) is 6.07 Å². The Bertz CT molecular complexity index is 671. The minimum atomic E-state index is -1.05. The molecule has 0 aliphatic heterocycles. The summed E-state index contributed by atoms with van der Waals surface area (Å²) in [6.45, 7) is 4.13. The van der Waals surface area contributed by atoms with Gasteiger partial charge < -0.3 is 5.11 Å². The van der Waals surface area contributed by atoms with Crippen LogP contribution in [0.3, 0.4) is 0 Å². The van der Waals surface area contributed by atoms with Crippen LogP contribution in [0.1, 0.15) is 35.7 Å². The molecule has 0 radical (unpaired) electrons. The molecule has 1 aromatic carbocycles. The van der Waals surface area contributed by atoms with Crippen LogP contribution in [-0.4, -0.2) is 15.6 Å². The van der Waals surface area contributed by atoms with Gasteiger partial charge in [-0.2, -0.15) is 0 Å². The third-order valence-corrected chi connectivity index (χ3v) is 2.97. The van der Waals surface area contributed by atoms with Crippen molar-refractivity contribution < 1.29 is 9.90 Å². The van der Waals surface area contributed by atoms with Crippen LogP contribution in [0.25, 0.3) is 5.69 Å². The minimum Gasteiger partial charge on any atom is -0.478 e. The van der Waals surface area contributed by atoms with Crippen molar-refractivity contribution in [2.45, 2.75) is 19.8 Å². The SMILES string of the molecule is CC(C)c1cccc(-n2cc(C(=O)O)ccc2=O)c1. The van der Waals surface area contributed by atoms with Crippen LogP contribution in [-0.2, 0) is 0 Å². The highest BCUT2D eigenvalue weighted by Gasteiger charge is 2.07. The van der Waals surface area contributed by atoms with E-state index in [0.717, 1.165) is 5.56 Å². The Kier molecular flexibility index (Phi) is 3.51. The van der Waals surface area contributed by atoms with E-state index in [0.29, 0.717) is 11.6 Å².